The molecule has 1 aliphatic rings. The number of rotatable bonds is 8. The first kappa shape index (κ1) is 18.8. The normalized spacial score (nSPS) is 16.3. The largest absolute Gasteiger partial charge is 0.494 e. The summed E-state index contributed by atoms with van der Waals surface area (Å²) in [5.41, 5.74) is 4.80. The van der Waals surface area contributed by atoms with Crippen molar-refractivity contribution in [2.75, 3.05) is 7.11 Å². The number of halogens is 1. The molecule has 1 N–H and O–H groups in total. The maximum absolute atomic E-state index is 14.2. The zero-order valence-corrected chi connectivity index (χ0v) is 16.7. The fraction of sp³-hybridized carbons (Fsp3) is 0.500. The molecule has 2 atom stereocenters. The van der Waals surface area contributed by atoms with E-state index in [1.807, 2.05) is 6.92 Å². The lowest BCUT2D eigenvalue weighted by atomic mass is 9.79. The van der Waals surface area contributed by atoms with Crippen LogP contribution in [0, 0.1) is 24.6 Å². The van der Waals surface area contributed by atoms with Gasteiger partial charge in [0.1, 0.15) is 0 Å². The summed E-state index contributed by atoms with van der Waals surface area (Å²) >= 11 is 0. The summed E-state index contributed by atoms with van der Waals surface area (Å²) in [6.07, 6.45) is 7.09. The Bertz CT molecular complexity index is 966. The lowest BCUT2D eigenvalue weighted by molar-refractivity contribution is 0.344. The monoisotopic (exact) mass is 382 g/mol. The van der Waals surface area contributed by atoms with Crippen LogP contribution in [-0.4, -0.2) is 27.3 Å². The minimum atomic E-state index is -0.287. The predicted octanol–water partition coefficient (Wildman–Crippen LogP) is 4.96. The topological polar surface area (TPSA) is 63.7 Å². The molecule has 148 valence electrons. The summed E-state index contributed by atoms with van der Waals surface area (Å²) in [6, 6.07) is 5.53. The quantitative estimate of drug-likeness (QED) is 0.598. The van der Waals surface area contributed by atoms with E-state index < -0.39 is 0 Å². The molecule has 2 heterocycles. The van der Waals surface area contributed by atoms with Gasteiger partial charge in [-0.25, -0.2) is 9.37 Å². The first-order valence-electron chi connectivity index (χ1n) is 10.1. The van der Waals surface area contributed by atoms with Crippen LogP contribution in [0.1, 0.15) is 55.3 Å². The lowest BCUT2D eigenvalue weighted by Crippen LogP contribution is -2.17. The fourth-order valence-electron chi connectivity index (χ4n) is 4.35. The molecule has 28 heavy (non-hydrogen) atoms. The first-order chi connectivity index (χ1) is 13.6. The van der Waals surface area contributed by atoms with E-state index in [-0.39, 0.29) is 5.82 Å². The molecule has 1 fully saturated rings. The molecule has 0 amide bonds. The molecule has 6 heteroatoms. The second kappa shape index (κ2) is 7.86. The SMILES string of the molecule is CCC(CCc1cc(F)c(OC)cc1C)C(c1cc2[nH]cnc2nn1)C1CC1. The Labute approximate surface area is 164 Å². The molecular formula is C22H27FN4O. The number of aromatic nitrogens is 4. The molecule has 3 aromatic rings. The summed E-state index contributed by atoms with van der Waals surface area (Å²) in [7, 11) is 1.50. The molecule has 0 radical (unpaired) electrons. The van der Waals surface area contributed by atoms with E-state index in [1.165, 1.54) is 20.0 Å². The van der Waals surface area contributed by atoms with Gasteiger partial charge in [-0.05, 0) is 73.8 Å². The zero-order valence-electron chi connectivity index (χ0n) is 16.7. The maximum atomic E-state index is 14.2. The number of H-pyrrole nitrogens is 1. The van der Waals surface area contributed by atoms with Gasteiger partial charge < -0.3 is 9.72 Å². The number of nitrogens with one attached hydrogen (secondary N) is 1. The molecule has 1 saturated carbocycles. The molecule has 1 aromatic carbocycles. The molecule has 0 saturated heterocycles. The van der Waals surface area contributed by atoms with Crippen molar-refractivity contribution in [3.63, 3.8) is 0 Å². The van der Waals surface area contributed by atoms with E-state index >= 15 is 0 Å². The predicted molar refractivity (Wildman–Crippen MR) is 107 cm³/mol. The van der Waals surface area contributed by atoms with Crippen LogP contribution in [-0.2, 0) is 6.42 Å². The average molecular weight is 382 g/mol. The van der Waals surface area contributed by atoms with Crippen LogP contribution in [0.4, 0.5) is 4.39 Å². The molecule has 2 unspecified atom stereocenters. The zero-order chi connectivity index (χ0) is 19.7. The van der Waals surface area contributed by atoms with E-state index in [2.05, 4.69) is 33.2 Å². The number of fused-ring (bicyclic) bond motifs is 1. The molecule has 4 rings (SSSR count). The Balaban J connectivity index is 1.55. The summed E-state index contributed by atoms with van der Waals surface area (Å²) < 4.78 is 19.3. The second-order valence-electron chi connectivity index (χ2n) is 7.89. The van der Waals surface area contributed by atoms with Gasteiger partial charge in [0.2, 0.25) is 0 Å². The minimum absolute atomic E-state index is 0.287. The average Bonchev–Trinajstić information content (AvgIpc) is 3.42. The third-order valence-electron chi connectivity index (χ3n) is 6.10. The standard InChI is InChI=1S/C22H27FN4O/c1-4-14(5-8-16-10-17(23)20(28-3)9-13(16)2)21(15-6-7-15)18-11-19-22(27-26-18)25-12-24-19/h9-12,14-15,21H,4-8H2,1-3H3,(H,24,25,27). The third-order valence-corrected chi connectivity index (χ3v) is 6.10. The van der Waals surface area contributed by atoms with Gasteiger partial charge in [0, 0.05) is 5.92 Å². The number of ether oxygens (including phenoxy) is 1. The molecule has 1 aliphatic carbocycles. The van der Waals surface area contributed by atoms with Gasteiger partial charge in [0.25, 0.3) is 0 Å². The van der Waals surface area contributed by atoms with E-state index in [4.69, 9.17) is 4.74 Å². The second-order valence-corrected chi connectivity index (χ2v) is 7.89. The van der Waals surface area contributed by atoms with Crippen molar-refractivity contribution in [3.05, 3.63) is 47.2 Å². The molecule has 2 aromatic heterocycles. The molecule has 5 nitrogen and oxygen atoms in total. The van der Waals surface area contributed by atoms with Crippen molar-refractivity contribution >= 4 is 11.2 Å². The first-order valence-corrected chi connectivity index (χ1v) is 10.1. The van der Waals surface area contributed by atoms with Crippen molar-refractivity contribution in [2.45, 2.75) is 51.9 Å². The number of aromatic amines is 1. The van der Waals surface area contributed by atoms with Crippen LogP contribution in [0.2, 0.25) is 0 Å². The van der Waals surface area contributed by atoms with Gasteiger partial charge in [-0.15, -0.1) is 5.10 Å². The summed E-state index contributed by atoms with van der Waals surface area (Å²) in [5.74, 6) is 1.59. The molecule has 0 bridgehead atoms. The van der Waals surface area contributed by atoms with Gasteiger partial charge in [-0.1, -0.05) is 13.3 Å². The number of imidazole rings is 1. The summed E-state index contributed by atoms with van der Waals surface area (Å²) in [6.45, 7) is 4.26. The van der Waals surface area contributed by atoms with Crippen LogP contribution in [0.5, 0.6) is 5.75 Å². The summed E-state index contributed by atoms with van der Waals surface area (Å²) in [4.78, 5) is 7.32. The Hall–Kier alpha value is -2.50. The van der Waals surface area contributed by atoms with E-state index in [1.54, 1.807) is 18.5 Å². The van der Waals surface area contributed by atoms with E-state index in [9.17, 15) is 4.39 Å². The highest BCUT2D eigenvalue weighted by Gasteiger charge is 2.38. The highest BCUT2D eigenvalue weighted by atomic mass is 19.1. The number of benzene rings is 1. The molecular weight excluding hydrogens is 355 g/mol. The van der Waals surface area contributed by atoms with Crippen molar-refractivity contribution < 1.29 is 9.13 Å². The van der Waals surface area contributed by atoms with Crippen molar-refractivity contribution in [3.8, 4) is 5.75 Å². The smallest absolute Gasteiger partial charge is 0.199 e. The van der Waals surface area contributed by atoms with Gasteiger partial charge in [-0.2, -0.15) is 5.10 Å². The van der Waals surface area contributed by atoms with E-state index in [0.717, 1.165) is 41.6 Å². The van der Waals surface area contributed by atoms with Crippen LogP contribution in [0.15, 0.2) is 24.5 Å². The van der Waals surface area contributed by atoms with Crippen LogP contribution < -0.4 is 4.74 Å². The lowest BCUT2D eigenvalue weighted by Gasteiger charge is -2.26. The van der Waals surface area contributed by atoms with Crippen molar-refractivity contribution in [2.24, 2.45) is 11.8 Å². The van der Waals surface area contributed by atoms with Gasteiger partial charge in [0.15, 0.2) is 17.2 Å². The Morgan fingerprint density at radius 2 is 2.07 bits per heavy atom. The minimum Gasteiger partial charge on any atom is -0.494 e. The Morgan fingerprint density at radius 1 is 1.25 bits per heavy atom. The summed E-state index contributed by atoms with van der Waals surface area (Å²) in [5, 5.41) is 8.81. The van der Waals surface area contributed by atoms with Crippen molar-refractivity contribution in [1.82, 2.24) is 20.2 Å². The highest BCUT2D eigenvalue weighted by molar-refractivity contribution is 5.69. The fourth-order valence-corrected chi connectivity index (χ4v) is 4.35. The Morgan fingerprint density at radius 3 is 2.79 bits per heavy atom. The third kappa shape index (κ3) is 3.73. The Kier molecular flexibility index (Phi) is 5.29. The number of aryl methyl sites for hydroxylation is 2. The van der Waals surface area contributed by atoms with Crippen molar-refractivity contribution in [1.29, 1.82) is 0 Å². The number of nitrogens with zero attached hydrogens (tertiary/aromatic N) is 3. The van der Waals surface area contributed by atoms with E-state index in [0.29, 0.717) is 29.2 Å². The number of methoxy groups -OCH3 is 1. The van der Waals surface area contributed by atoms with Gasteiger partial charge in [-0.3, -0.25) is 0 Å². The highest BCUT2D eigenvalue weighted by Crippen LogP contribution is 2.48. The van der Waals surface area contributed by atoms with Crippen LogP contribution in [0.25, 0.3) is 11.2 Å². The number of hydrogen-bond acceptors (Lipinski definition) is 4. The number of hydrogen-bond donors (Lipinski definition) is 1. The van der Waals surface area contributed by atoms with Crippen LogP contribution in [0.3, 0.4) is 0 Å². The van der Waals surface area contributed by atoms with Gasteiger partial charge >= 0.3 is 0 Å². The molecule has 0 aliphatic heterocycles. The maximum Gasteiger partial charge on any atom is 0.199 e. The van der Waals surface area contributed by atoms with Gasteiger partial charge in [0.05, 0.1) is 24.6 Å². The van der Waals surface area contributed by atoms with Crippen LogP contribution >= 0.6 is 0 Å². The molecule has 0 spiro atoms.